The second kappa shape index (κ2) is 10.3. The maximum Gasteiger partial charge on any atom is 0.245 e. The molecular formula is C26H32N4O2. The average Bonchev–Trinajstić information content (AvgIpc) is 3.08. The Bertz CT molecular complexity index is 1090. The van der Waals surface area contributed by atoms with Gasteiger partial charge in [-0.1, -0.05) is 69.3 Å². The summed E-state index contributed by atoms with van der Waals surface area (Å²) in [4.78, 5) is 27.2. The highest BCUT2D eigenvalue weighted by atomic mass is 16.2. The van der Waals surface area contributed by atoms with Crippen molar-refractivity contribution in [2.75, 3.05) is 18.4 Å². The van der Waals surface area contributed by atoms with Crippen molar-refractivity contribution >= 4 is 17.6 Å². The van der Waals surface area contributed by atoms with E-state index in [2.05, 4.69) is 5.32 Å². The monoisotopic (exact) mass is 432 g/mol. The Morgan fingerprint density at radius 2 is 1.69 bits per heavy atom. The molecule has 0 saturated carbocycles. The lowest BCUT2D eigenvalue weighted by Gasteiger charge is -2.24. The lowest BCUT2D eigenvalue weighted by Crippen LogP contribution is -2.40. The molecule has 3 aromatic rings. The predicted molar refractivity (Wildman–Crippen MR) is 129 cm³/mol. The third kappa shape index (κ3) is 5.25. The van der Waals surface area contributed by atoms with Crippen molar-refractivity contribution in [3.8, 4) is 16.8 Å². The summed E-state index contributed by atoms with van der Waals surface area (Å²) in [6, 6.07) is 17.8. The third-order valence-electron chi connectivity index (χ3n) is 5.30. The first-order valence-corrected chi connectivity index (χ1v) is 11.1. The second-order valence-electron chi connectivity index (χ2n) is 8.44. The van der Waals surface area contributed by atoms with Crippen molar-refractivity contribution in [3.05, 3.63) is 65.9 Å². The normalized spacial score (nSPS) is 10.9. The molecule has 0 spiro atoms. The number of para-hydroxylation sites is 1. The van der Waals surface area contributed by atoms with Gasteiger partial charge >= 0.3 is 0 Å². The van der Waals surface area contributed by atoms with Crippen LogP contribution in [0.15, 0.2) is 54.6 Å². The number of nitrogens with zero attached hydrogens (tertiary/aromatic N) is 3. The quantitative estimate of drug-likeness (QED) is 0.545. The molecule has 1 N–H and O–H groups in total. The maximum absolute atomic E-state index is 13.1. The summed E-state index contributed by atoms with van der Waals surface area (Å²) in [6.07, 6.45) is 0.371. The number of aryl methyl sites for hydroxylation is 2. The van der Waals surface area contributed by atoms with Crippen molar-refractivity contribution in [3.63, 3.8) is 0 Å². The molecule has 3 rings (SSSR count). The minimum atomic E-state index is -0.237. The molecule has 2 aromatic carbocycles. The number of rotatable bonds is 8. The number of aromatic nitrogens is 2. The van der Waals surface area contributed by atoms with E-state index in [1.54, 1.807) is 9.58 Å². The Kier molecular flexibility index (Phi) is 7.46. The number of hydrogen-bond acceptors (Lipinski definition) is 3. The second-order valence-corrected chi connectivity index (χ2v) is 8.44. The van der Waals surface area contributed by atoms with Crippen LogP contribution in [0.5, 0.6) is 0 Å². The molecule has 0 aliphatic rings. The molecule has 32 heavy (non-hydrogen) atoms. The topological polar surface area (TPSA) is 67.2 Å². The first-order valence-electron chi connectivity index (χ1n) is 11.1. The maximum atomic E-state index is 13.1. The van der Waals surface area contributed by atoms with Crippen molar-refractivity contribution in [1.82, 2.24) is 14.7 Å². The van der Waals surface area contributed by atoms with Crippen LogP contribution in [-0.2, 0) is 9.59 Å². The first kappa shape index (κ1) is 23.3. The molecule has 168 valence electrons. The molecule has 6 nitrogen and oxygen atoms in total. The van der Waals surface area contributed by atoms with Gasteiger partial charge in [-0.2, -0.15) is 5.10 Å². The summed E-state index contributed by atoms with van der Waals surface area (Å²) in [5.74, 6) is 0.624. The zero-order valence-corrected chi connectivity index (χ0v) is 19.6. The molecule has 0 radical (unpaired) electrons. The van der Waals surface area contributed by atoms with Crippen LogP contribution in [0.3, 0.4) is 0 Å². The summed E-state index contributed by atoms with van der Waals surface area (Å²) >= 11 is 0. The van der Waals surface area contributed by atoms with Crippen LogP contribution in [0.4, 0.5) is 5.82 Å². The lowest BCUT2D eigenvalue weighted by molar-refractivity contribution is -0.134. The van der Waals surface area contributed by atoms with Crippen LogP contribution < -0.4 is 5.32 Å². The van der Waals surface area contributed by atoms with Crippen molar-refractivity contribution in [1.29, 1.82) is 0 Å². The largest absolute Gasteiger partial charge is 0.333 e. The number of hydrogen-bond donors (Lipinski definition) is 1. The van der Waals surface area contributed by atoms with Crippen LogP contribution in [0.25, 0.3) is 16.8 Å². The highest BCUT2D eigenvalue weighted by Gasteiger charge is 2.23. The highest BCUT2D eigenvalue weighted by Crippen LogP contribution is 2.34. The molecule has 0 unspecified atom stereocenters. The number of amides is 2. The van der Waals surface area contributed by atoms with Crippen molar-refractivity contribution in [2.24, 2.45) is 5.92 Å². The van der Waals surface area contributed by atoms with Gasteiger partial charge in [-0.05, 0) is 37.0 Å². The van der Waals surface area contributed by atoms with Gasteiger partial charge in [0.1, 0.15) is 5.82 Å². The van der Waals surface area contributed by atoms with Crippen molar-refractivity contribution in [2.45, 2.75) is 41.0 Å². The first-order chi connectivity index (χ1) is 15.3. The Hall–Kier alpha value is -3.41. The molecule has 0 aliphatic carbocycles. The Balaban J connectivity index is 2.03. The average molecular weight is 433 g/mol. The molecule has 1 heterocycles. The molecular weight excluding hydrogens is 400 g/mol. The fourth-order valence-electron chi connectivity index (χ4n) is 3.83. The van der Waals surface area contributed by atoms with Crippen molar-refractivity contribution < 1.29 is 9.59 Å². The highest BCUT2D eigenvalue weighted by molar-refractivity contribution is 5.98. The van der Waals surface area contributed by atoms with Crippen LogP contribution in [-0.4, -0.2) is 39.6 Å². The van der Waals surface area contributed by atoms with Gasteiger partial charge in [-0.15, -0.1) is 0 Å². The standard InChI is InChI=1S/C26H32N4O2/c1-6-24(32)29(16-18(2)3)17-23(31)27-26-25(21-13-8-7-9-14-21)20(5)28-30(26)22-15-11-10-12-19(22)4/h7-15,18H,6,16-17H2,1-5H3,(H,27,31). The molecule has 0 bridgehead atoms. The van der Waals surface area contributed by atoms with E-state index in [1.807, 2.05) is 89.2 Å². The van der Waals surface area contributed by atoms with E-state index < -0.39 is 0 Å². The summed E-state index contributed by atoms with van der Waals surface area (Å²) in [5.41, 5.74) is 4.62. The van der Waals surface area contributed by atoms with E-state index in [-0.39, 0.29) is 24.3 Å². The molecule has 0 aliphatic heterocycles. The molecule has 0 fully saturated rings. The number of anilines is 1. The van der Waals surface area contributed by atoms with E-state index in [1.165, 1.54) is 0 Å². The van der Waals surface area contributed by atoms with E-state index in [0.29, 0.717) is 18.8 Å². The van der Waals surface area contributed by atoms with E-state index >= 15 is 0 Å². The molecule has 6 heteroatoms. The molecule has 0 saturated heterocycles. The van der Waals surface area contributed by atoms with Gasteiger partial charge in [0.2, 0.25) is 11.8 Å². The van der Waals surface area contributed by atoms with Crippen LogP contribution >= 0.6 is 0 Å². The van der Waals surface area contributed by atoms with Gasteiger partial charge < -0.3 is 10.2 Å². The molecule has 2 amide bonds. The smallest absolute Gasteiger partial charge is 0.245 e. The number of nitrogens with one attached hydrogen (secondary N) is 1. The van der Waals surface area contributed by atoms with Gasteiger partial charge in [0.05, 0.1) is 17.9 Å². The SMILES string of the molecule is CCC(=O)N(CC(=O)Nc1c(-c2ccccc2)c(C)nn1-c1ccccc1C)CC(C)C. The number of benzene rings is 2. The minimum Gasteiger partial charge on any atom is -0.333 e. The zero-order valence-electron chi connectivity index (χ0n) is 19.6. The fraction of sp³-hybridized carbons (Fsp3) is 0.346. The van der Waals surface area contributed by atoms with Gasteiger partial charge in [0.15, 0.2) is 0 Å². The van der Waals surface area contributed by atoms with Gasteiger partial charge in [0.25, 0.3) is 0 Å². The van der Waals surface area contributed by atoms with Gasteiger partial charge in [0, 0.05) is 18.5 Å². The van der Waals surface area contributed by atoms with Crippen LogP contribution in [0, 0.1) is 19.8 Å². The summed E-state index contributed by atoms with van der Waals surface area (Å²) in [7, 11) is 0. The van der Waals surface area contributed by atoms with E-state index in [4.69, 9.17) is 5.10 Å². The fourth-order valence-corrected chi connectivity index (χ4v) is 3.83. The summed E-state index contributed by atoms with van der Waals surface area (Å²) in [6.45, 7) is 10.4. The summed E-state index contributed by atoms with van der Waals surface area (Å²) < 4.78 is 1.79. The Morgan fingerprint density at radius 3 is 2.31 bits per heavy atom. The lowest BCUT2D eigenvalue weighted by atomic mass is 10.1. The predicted octanol–water partition coefficient (Wildman–Crippen LogP) is 4.99. The molecule has 0 atom stereocenters. The van der Waals surface area contributed by atoms with Crippen LogP contribution in [0.2, 0.25) is 0 Å². The number of carbonyl (C=O) groups excluding carboxylic acids is 2. The minimum absolute atomic E-state index is 0.0110. The van der Waals surface area contributed by atoms with Gasteiger partial charge in [-0.25, -0.2) is 4.68 Å². The van der Waals surface area contributed by atoms with E-state index in [0.717, 1.165) is 28.1 Å². The van der Waals surface area contributed by atoms with E-state index in [9.17, 15) is 9.59 Å². The Morgan fingerprint density at radius 1 is 1.03 bits per heavy atom. The molecule has 1 aromatic heterocycles. The zero-order chi connectivity index (χ0) is 23.3. The number of carbonyl (C=O) groups is 2. The summed E-state index contributed by atoms with van der Waals surface area (Å²) in [5, 5.41) is 7.85. The third-order valence-corrected chi connectivity index (χ3v) is 5.30. The van der Waals surface area contributed by atoms with Gasteiger partial charge in [-0.3, -0.25) is 9.59 Å². The Labute approximate surface area is 190 Å². The van der Waals surface area contributed by atoms with Crippen LogP contribution in [0.1, 0.15) is 38.4 Å².